The maximum absolute atomic E-state index is 11.8. The van der Waals surface area contributed by atoms with Crippen molar-refractivity contribution < 1.29 is 9.53 Å². The Hall–Kier alpha value is -1.39. The van der Waals surface area contributed by atoms with Gasteiger partial charge in [-0.25, -0.2) is 0 Å². The predicted molar refractivity (Wildman–Crippen MR) is 74.9 cm³/mol. The topological polar surface area (TPSA) is 41.6 Å². The Kier molecular flexibility index (Phi) is 4.93. The number of hydrogen-bond donors (Lipinski definition) is 1. The fourth-order valence-corrected chi connectivity index (χ4v) is 2.29. The monoisotopic (exact) mass is 262 g/mol. The molecule has 0 aliphatic carbocycles. The Morgan fingerprint density at radius 3 is 2.84 bits per heavy atom. The van der Waals surface area contributed by atoms with Crippen LogP contribution in [0.25, 0.3) is 0 Å². The number of nitrogens with one attached hydrogen (secondary N) is 1. The molecule has 104 valence electrons. The Balaban J connectivity index is 1.89. The zero-order chi connectivity index (χ0) is 13.7. The van der Waals surface area contributed by atoms with E-state index < -0.39 is 0 Å². The summed E-state index contributed by atoms with van der Waals surface area (Å²) in [6.45, 7) is 6.66. The van der Waals surface area contributed by atoms with Crippen LogP contribution in [-0.4, -0.2) is 43.1 Å². The van der Waals surface area contributed by atoms with E-state index in [0.29, 0.717) is 13.2 Å². The fourth-order valence-electron chi connectivity index (χ4n) is 2.29. The van der Waals surface area contributed by atoms with E-state index in [9.17, 15) is 4.79 Å². The first-order valence-electron chi connectivity index (χ1n) is 6.83. The first kappa shape index (κ1) is 14.0. The Morgan fingerprint density at radius 1 is 1.42 bits per heavy atom. The van der Waals surface area contributed by atoms with Gasteiger partial charge in [-0.3, -0.25) is 9.69 Å². The average molecular weight is 262 g/mol. The lowest BCUT2D eigenvalue weighted by atomic mass is 10.1. The van der Waals surface area contributed by atoms with E-state index in [1.807, 2.05) is 32.0 Å². The van der Waals surface area contributed by atoms with Crippen LogP contribution in [0.1, 0.15) is 25.5 Å². The van der Waals surface area contributed by atoms with Crippen molar-refractivity contribution in [1.29, 1.82) is 0 Å². The van der Waals surface area contributed by atoms with E-state index in [1.54, 1.807) is 0 Å². The van der Waals surface area contributed by atoms with E-state index in [2.05, 4.69) is 22.3 Å². The Bertz CT molecular complexity index is 406. The molecule has 0 bridgehead atoms. The molecule has 1 amide bonds. The highest BCUT2D eigenvalue weighted by Gasteiger charge is 2.23. The number of carbonyl (C=O) groups excluding carboxylic acids is 1. The van der Waals surface area contributed by atoms with Gasteiger partial charge in [0.25, 0.3) is 0 Å². The molecule has 1 aliphatic rings. The third-order valence-electron chi connectivity index (χ3n) is 3.14. The molecule has 1 saturated heterocycles. The number of nitrogens with zero attached hydrogens (tertiary/aromatic N) is 1. The summed E-state index contributed by atoms with van der Waals surface area (Å²) in [4.78, 5) is 13.9. The summed E-state index contributed by atoms with van der Waals surface area (Å²) >= 11 is 0. The standard InChI is InChI=1S/C15H22N2O2/c1-12(2)16-15(18)11-17-8-9-19-14(10-17)13-6-4-3-5-7-13/h3-7,12,14H,8-11H2,1-2H3,(H,16,18). The van der Waals surface area contributed by atoms with Crippen LogP contribution in [0.2, 0.25) is 0 Å². The molecule has 1 aromatic carbocycles. The molecule has 1 fully saturated rings. The molecule has 4 heteroatoms. The van der Waals surface area contributed by atoms with Crippen molar-refractivity contribution in [3.05, 3.63) is 35.9 Å². The second-order valence-corrected chi connectivity index (χ2v) is 5.23. The third kappa shape index (κ3) is 4.33. The van der Waals surface area contributed by atoms with E-state index >= 15 is 0 Å². The summed E-state index contributed by atoms with van der Waals surface area (Å²) in [6.07, 6.45) is 0.0711. The molecule has 1 aliphatic heterocycles. The maximum Gasteiger partial charge on any atom is 0.234 e. The molecule has 1 aromatic rings. The van der Waals surface area contributed by atoms with Crippen molar-refractivity contribution in [2.75, 3.05) is 26.2 Å². The van der Waals surface area contributed by atoms with Gasteiger partial charge < -0.3 is 10.1 Å². The zero-order valence-corrected chi connectivity index (χ0v) is 11.6. The molecule has 4 nitrogen and oxygen atoms in total. The molecule has 0 saturated carbocycles. The number of hydrogen-bond acceptors (Lipinski definition) is 3. The van der Waals surface area contributed by atoms with Gasteiger partial charge in [-0.1, -0.05) is 30.3 Å². The molecule has 0 radical (unpaired) electrons. The lowest BCUT2D eigenvalue weighted by Gasteiger charge is -2.32. The quantitative estimate of drug-likeness (QED) is 0.896. The molecule has 19 heavy (non-hydrogen) atoms. The van der Waals surface area contributed by atoms with Gasteiger partial charge in [-0.15, -0.1) is 0 Å². The molecule has 2 rings (SSSR count). The van der Waals surface area contributed by atoms with Gasteiger partial charge in [0.15, 0.2) is 0 Å². The Morgan fingerprint density at radius 2 is 2.16 bits per heavy atom. The minimum Gasteiger partial charge on any atom is -0.371 e. The van der Waals surface area contributed by atoms with Gasteiger partial charge in [0.05, 0.1) is 19.3 Å². The second kappa shape index (κ2) is 6.68. The first-order chi connectivity index (χ1) is 9.15. The smallest absolute Gasteiger partial charge is 0.234 e. The maximum atomic E-state index is 11.8. The van der Waals surface area contributed by atoms with Gasteiger partial charge in [0.2, 0.25) is 5.91 Å². The van der Waals surface area contributed by atoms with Crippen molar-refractivity contribution in [3.63, 3.8) is 0 Å². The second-order valence-electron chi connectivity index (χ2n) is 5.23. The van der Waals surface area contributed by atoms with Crippen LogP contribution in [0.15, 0.2) is 30.3 Å². The fraction of sp³-hybridized carbons (Fsp3) is 0.533. The largest absolute Gasteiger partial charge is 0.371 e. The molecule has 1 heterocycles. The summed E-state index contributed by atoms with van der Waals surface area (Å²) in [7, 11) is 0. The van der Waals surface area contributed by atoms with E-state index in [0.717, 1.165) is 13.1 Å². The van der Waals surface area contributed by atoms with E-state index in [-0.39, 0.29) is 18.1 Å². The third-order valence-corrected chi connectivity index (χ3v) is 3.14. The van der Waals surface area contributed by atoms with Crippen LogP contribution in [0.5, 0.6) is 0 Å². The molecule has 0 aromatic heterocycles. The molecule has 1 atom stereocenters. The summed E-state index contributed by atoms with van der Waals surface area (Å²) < 4.78 is 5.78. The summed E-state index contributed by atoms with van der Waals surface area (Å²) in [5.74, 6) is 0.0868. The van der Waals surface area contributed by atoms with Crippen LogP contribution < -0.4 is 5.32 Å². The van der Waals surface area contributed by atoms with Crippen LogP contribution >= 0.6 is 0 Å². The zero-order valence-electron chi connectivity index (χ0n) is 11.6. The summed E-state index contributed by atoms with van der Waals surface area (Å²) in [5.41, 5.74) is 1.18. The van der Waals surface area contributed by atoms with Gasteiger partial charge in [0, 0.05) is 19.1 Å². The highest BCUT2D eigenvalue weighted by Crippen LogP contribution is 2.21. The molecule has 1 unspecified atom stereocenters. The van der Waals surface area contributed by atoms with Crippen molar-refractivity contribution in [2.24, 2.45) is 0 Å². The minimum atomic E-state index is 0.0711. The number of ether oxygens (including phenoxy) is 1. The predicted octanol–water partition coefficient (Wildman–Crippen LogP) is 1.58. The van der Waals surface area contributed by atoms with Crippen molar-refractivity contribution in [1.82, 2.24) is 10.2 Å². The van der Waals surface area contributed by atoms with Crippen LogP contribution in [0.3, 0.4) is 0 Å². The van der Waals surface area contributed by atoms with Crippen molar-refractivity contribution in [2.45, 2.75) is 26.0 Å². The SMILES string of the molecule is CC(C)NC(=O)CN1CCOC(c2ccccc2)C1. The molecule has 1 N–H and O–H groups in total. The average Bonchev–Trinajstić information content (AvgIpc) is 2.39. The lowest BCUT2D eigenvalue weighted by molar-refractivity contribution is -0.124. The highest BCUT2D eigenvalue weighted by molar-refractivity contribution is 5.78. The van der Waals surface area contributed by atoms with Gasteiger partial charge in [-0.05, 0) is 19.4 Å². The summed E-state index contributed by atoms with van der Waals surface area (Å²) in [6, 6.07) is 10.4. The number of morpholine rings is 1. The van der Waals surface area contributed by atoms with Crippen LogP contribution in [0.4, 0.5) is 0 Å². The van der Waals surface area contributed by atoms with E-state index in [1.165, 1.54) is 5.56 Å². The molecular formula is C15H22N2O2. The molecular weight excluding hydrogens is 240 g/mol. The lowest BCUT2D eigenvalue weighted by Crippen LogP contribution is -2.45. The number of carbonyl (C=O) groups is 1. The van der Waals surface area contributed by atoms with Crippen molar-refractivity contribution >= 4 is 5.91 Å². The van der Waals surface area contributed by atoms with Gasteiger partial charge >= 0.3 is 0 Å². The van der Waals surface area contributed by atoms with Gasteiger partial charge in [0.1, 0.15) is 0 Å². The number of rotatable bonds is 4. The van der Waals surface area contributed by atoms with Gasteiger partial charge in [-0.2, -0.15) is 0 Å². The van der Waals surface area contributed by atoms with Crippen LogP contribution in [-0.2, 0) is 9.53 Å². The number of amides is 1. The Labute approximate surface area is 114 Å². The number of benzene rings is 1. The van der Waals surface area contributed by atoms with Crippen LogP contribution in [0, 0.1) is 0 Å². The summed E-state index contributed by atoms with van der Waals surface area (Å²) in [5, 5.41) is 2.92. The first-order valence-corrected chi connectivity index (χ1v) is 6.83. The van der Waals surface area contributed by atoms with E-state index in [4.69, 9.17) is 4.74 Å². The normalized spacial score (nSPS) is 20.5. The van der Waals surface area contributed by atoms with Crippen molar-refractivity contribution in [3.8, 4) is 0 Å². The minimum absolute atomic E-state index is 0.0711. The molecule has 0 spiro atoms. The highest BCUT2D eigenvalue weighted by atomic mass is 16.5.